The Kier molecular flexibility index (Phi) is 21.0. The van der Waals surface area contributed by atoms with E-state index in [1.54, 1.807) is 0 Å². The van der Waals surface area contributed by atoms with Crippen molar-refractivity contribution in [3.8, 4) is 0 Å². The van der Waals surface area contributed by atoms with Gasteiger partial charge in [0.05, 0.1) is 30.0 Å². The summed E-state index contributed by atoms with van der Waals surface area (Å²) < 4.78 is 30.4. The number of ether oxygens (including phenoxy) is 5. The van der Waals surface area contributed by atoms with Crippen molar-refractivity contribution in [3.05, 3.63) is 0 Å². The molecule has 0 saturated heterocycles. The van der Waals surface area contributed by atoms with E-state index in [1.165, 1.54) is 0 Å². The van der Waals surface area contributed by atoms with Crippen molar-refractivity contribution in [1.82, 2.24) is 0 Å². The van der Waals surface area contributed by atoms with Gasteiger partial charge in [-0.05, 0) is 99.9 Å². The normalized spacial score (nSPS) is 15.2. The lowest BCUT2D eigenvalue weighted by Crippen LogP contribution is -2.37. The maximum atomic E-state index is 6.50. The molecule has 0 rings (SSSR count). The standard InChI is InChI=1S/C26H57NO5P2/c1-10-15-28-26(11-14-27,12-16-33-18-24(29-20(2)3)30-21(4)5)13-17-34-19-25(31-22(6)7)32-23(8)9/h20-25,33-34H,10-19,27H2,1-9H3. The first kappa shape index (κ1) is 34.6. The topological polar surface area (TPSA) is 72.2 Å². The Hall–Kier alpha value is 0.620. The number of rotatable bonds is 23. The Morgan fingerprint density at radius 1 is 0.647 bits per heavy atom. The van der Waals surface area contributed by atoms with Crippen molar-refractivity contribution in [1.29, 1.82) is 0 Å². The van der Waals surface area contributed by atoms with Gasteiger partial charge in [0.2, 0.25) is 0 Å². The third-order valence-corrected chi connectivity index (χ3v) is 7.50. The third kappa shape index (κ3) is 18.8. The monoisotopic (exact) mass is 525 g/mol. The largest absolute Gasteiger partial charge is 0.375 e. The second-order valence-electron chi connectivity index (χ2n) is 10.1. The van der Waals surface area contributed by atoms with Gasteiger partial charge in [0.25, 0.3) is 0 Å². The molecule has 0 aliphatic heterocycles. The van der Waals surface area contributed by atoms with Crippen LogP contribution >= 0.6 is 17.2 Å². The summed E-state index contributed by atoms with van der Waals surface area (Å²) in [6.45, 7) is 20.1. The third-order valence-electron chi connectivity index (χ3n) is 5.04. The summed E-state index contributed by atoms with van der Waals surface area (Å²) in [6.07, 6.45) is 8.53. The van der Waals surface area contributed by atoms with Gasteiger partial charge in [-0.25, -0.2) is 0 Å². The second-order valence-corrected chi connectivity index (χ2v) is 12.9. The Labute approximate surface area is 215 Å². The van der Waals surface area contributed by atoms with Gasteiger partial charge in [-0.1, -0.05) is 6.92 Å². The molecule has 0 bridgehead atoms. The van der Waals surface area contributed by atoms with Crippen LogP contribution < -0.4 is 5.73 Å². The molecule has 2 unspecified atom stereocenters. The summed E-state index contributed by atoms with van der Waals surface area (Å²) in [5.41, 5.74) is 5.92. The molecule has 0 spiro atoms. The minimum atomic E-state index is -0.134. The first-order valence-corrected chi connectivity index (χ1v) is 16.2. The lowest BCUT2D eigenvalue weighted by atomic mass is 9.93. The summed E-state index contributed by atoms with van der Waals surface area (Å²) >= 11 is 0. The van der Waals surface area contributed by atoms with Gasteiger partial charge in [0.15, 0.2) is 12.6 Å². The predicted molar refractivity (Wildman–Crippen MR) is 150 cm³/mol. The first-order valence-electron chi connectivity index (χ1n) is 13.4. The van der Waals surface area contributed by atoms with E-state index in [2.05, 4.69) is 62.3 Å². The van der Waals surface area contributed by atoms with E-state index in [1.807, 2.05) is 0 Å². The molecule has 8 heteroatoms. The SMILES string of the molecule is CCCOC(CCN)(CCPCC(OC(C)C)OC(C)C)CCPCC(OC(C)C)OC(C)C. The van der Waals surface area contributed by atoms with E-state index < -0.39 is 0 Å². The molecule has 0 aromatic rings. The van der Waals surface area contributed by atoms with Crippen molar-refractivity contribution in [2.45, 2.75) is 131 Å². The Morgan fingerprint density at radius 2 is 1.03 bits per heavy atom. The van der Waals surface area contributed by atoms with Gasteiger partial charge in [0, 0.05) is 18.9 Å². The summed E-state index contributed by atoms with van der Waals surface area (Å²) in [5.74, 6) is 0. The van der Waals surface area contributed by atoms with Crippen LogP contribution in [0.3, 0.4) is 0 Å². The quantitative estimate of drug-likeness (QED) is 0.100. The molecule has 0 aromatic heterocycles. The lowest BCUT2D eigenvalue weighted by Gasteiger charge is -2.35. The highest BCUT2D eigenvalue weighted by molar-refractivity contribution is 7.38. The highest BCUT2D eigenvalue weighted by atomic mass is 31.1. The van der Waals surface area contributed by atoms with Gasteiger partial charge in [-0.3, -0.25) is 0 Å². The maximum Gasteiger partial charge on any atom is 0.161 e. The average Bonchev–Trinajstić information content (AvgIpc) is 2.71. The molecule has 6 nitrogen and oxygen atoms in total. The van der Waals surface area contributed by atoms with Gasteiger partial charge in [0.1, 0.15) is 0 Å². The predicted octanol–water partition coefficient (Wildman–Crippen LogP) is 5.99. The number of nitrogens with two attached hydrogens (primary N) is 1. The smallest absolute Gasteiger partial charge is 0.161 e. The van der Waals surface area contributed by atoms with Gasteiger partial charge < -0.3 is 29.4 Å². The van der Waals surface area contributed by atoms with Crippen LogP contribution in [-0.2, 0) is 23.7 Å². The maximum absolute atomic E-state index is 6.50. The molecule has 34 heavy (non-hydrogen) atoms. The van der Waals surface area contributed by atoms with Crippen molar-refractivity contribution in [2.75, 3.05) is 37.8 Å². The molecular formula is C26H57NO5P2. The van der Waals surface area contributed by atoms with Crippen LogP contribution in [-0.4, -0.2) is 80.4 Å². The van der Waals surface area contributed by atoms with E-state index in [4.69, 9.17) is 29.4 Å². The van der Waals surface area contributed by atoms with Crippen molar-refractivity contribution in [3.63, 3.8) is 0 Å². The van der Waals surface area contributed by atoms with Crippen LogP contribution in [0.25, 0.3) is 0 Å². The molecule has 0 aliphatic carbocycles. The number of hydrogen-bond donors (Lipinski definition) is 1. The molecule has 0 amide bonds. The minimum absolute atomic E-state index is 0.126. The minimum Gasteiger partial charge on any atom is -0.375 e. The Balaban J connectivity index is 4.85. The molecular weight excluding hydrogens is 468 g/mol. The fourth-order valence-electron chi connectivity index (χ4n) is 3.72. The molecule has 0 heterocycles. The molecule has 0 aliphatic rings. The second kappa shape index (κ2) is 20.7. The zero-order valence-electron chi connectivity index (χ0n) is 23.7. The van der Waals surface area contributed by atoms with Crippen LogP contribution in [0.4, 0.5) is 0 Å². The average molecular weight is 526 g/mol. The van der Waals surface area contributed by atoms with Crippen LogP contribution in [0.5, 0.6) is 0 Å². The highest BCUT2D eigenvalue weighted by Crippen LogP contribution is 2.32. The van der Waals surface area contributed by atoms with Crippen LogP contribution in [0, 0.1) is 0 Å². The van der Waals surface area contributed by atoms with Crippen molar-refractivity contribution >= 4 is 17.2 Å². The van der Waals surface area contributed by atoms with Gasteiger partial charge in [-0.15, -0.1) is 17.2 Å². The van der Waals surface area contributed by atoms with Gasteiger partial charge in [-0.2, -0.15) is 0 Å². The Morgan fingerprint density at radius 3 is 1.32 bits per heavy atom. The van der Waals surface area contributed by atoms with E-state index in [-0.39, 0.29) is 42.6 Å². The molecule has 0 aromatic carbocycles. The van der Waals surface area contributed by atoms with E-state index in [0.29, 0.717) is 6.54 Å². The fraction of sp³-hybridized carbons (Fsp3) is 1.00. The highest BCUT2D eigenvalue weighted by Gasteiger charge is 2.30. The van der Waals surface area contributed by atoms with Crippen molar-refractivity contribution < 1.29 is 23.7 Å². The molecule has 0 saturated carbocycles. The summed E-state index contributed by atoms with van der Waals surface area (Å²) in [4.78, 5) is 0. The first-order chi connectivity index (χ1) is 16.0. The van der Waals surface area contributed by atoms with E-state index >= 15 is 0 Å². The lowest BCUT2D eigenvalue weighted by molar-refractivity contribution is -0.167. The number of hydrogen-bond acceptors (Lipinski definition) is 6. The van der Waals surface area contributed by atoms with Crippen LogP contribution in [0.2, 0.25) is 0 Å². The van der Waals surface area contributed by atoms with Crippen LogP contribution in [0.1, 0.15) is 88.0 Å². The molecule has 2 N–H and O–H groups in total. The zero-order chi connectivity index (χ0) is 26.0. The summed E-state index contributed by atoms with van der Waals surface area (Å²) in [7, 11) is 1.56. The zero-order valence-corrected chi connectivity index (χ0v) is 25.7. The molecule has 0 fully saturated rings. The molecule has 0 radical (unpaired) electrons. The van der Waals surface area contributed by atoms with Crippen LogP contribution in [0.15, 0.2) is 0 Å². The molecule has 2 atom stereocenters. The van der Waals surface area contributed by atoms with Gasteiger partial charge >= 0.3 is 0 Å². The summed E-state index contributed by atoms with van der Waals surface area (Å²) in [5, 5.41) is 0. The fourth-order valence-corrected chi connectivity index (χ4v) is 6.25. The molecule has 206 valence electrons. The summed E-state index contributed by atoms with van der Waals surface area (Å²) in [6, 6.07) is 0. The Bertz CT molecular complexity index is 414. The van der Waals surface area contributed by atoms with E-state index in [9.17, 15) is 0 Å². The van der Waals surface area contributed by atoms with E-state index in [0.717, 1.165) is 74.1 Å². The van der Waals surface area contributed by atoms with Crippen molar-refractivity contribution in [2.24, 2.45) is 5.73 Å².